The average Bonchev–Trinajstić information content (AvgIpc) is 3.71. The first-order valence-electron chi connectivity index (χ1n) is 14.5. The van der Waals surface area contributed by atoms with Crippen LogP contribution < -0.4 is 0 Å². The Morgan fingerprint density at radius 3 is 2.00 bits per heavy atom. The maximum atomic E-state index is 10.4. The Balaban J connectivity index is 0.000000177. The predicted molar refractivity (Wildman–Crippen MR) is 150 cm³/mol. The van der Waals surface area contributed by atoms with Crippen molar-refractivity contribution >= 4 is 0 Å². The maximum Gasteiger partial charge on any atom is 0.188 e. The predicted octanol–water partition coefficient (Wildman–Crippen LogP) is 3.81. The number of hydrogen-bond donors (Lipinski definition) is 1. The zero-order valence-electron chi connectivity index (χ0n) is 25.6. The minimum atomic E-state index is -0.954. The number of hydrogen-bond acceptors (Lipinski definition) is 12. The molecule has 10 atom stereocenters. The highest BCUT2D eigenvalue weighted by Crippen LogP contribution is 2.42. The molecule has 0 aromatic heterocycles. The van der Waals surface area contributed by atoms with Gasteiger partial charge in [0.25, 0.3) is 0 Å². The van der Waals surface area contributed by atoms with Crippen LogP contribution >= 0.6 is 0 Å². The molecular formula is C28H40N6O10. The molecule has 5 heterocycles. The van der Waals surface area contributed by atoms with Crippen molar-refractivity contribution in [2.45, 2.75) is 127 Å². The molecule has 0 amide bonds. The highest BCUT2D eigenvalue weighted by Gasteiger charge is 2.58. The number of benzene rings is 1. The average molecular weight is 621 g/mol. The van der Waals surface area contributed by atoms with Crippen LogP contribution in [0.1, 0.15) is 47.1 Å². The van der Waals surface area contributed by atoms with Crippen LogP contribution in [0.4, 0.5) is 0 Å². The molecule has 0 bridgehead atoms. The third kappa shape index (κ3) is 7.45. The molecule has 4 unspecified atom stereocenters. The van der Waals surface area contributed by atoms with Crippen LogP contribution in [-0.4, -0.2) is 97.0 Å². The van der Waals surface area contributed by atoms with E-state index in [0.717, 1.165) is 5.56 Å². The fourth-order valence-electron chi connectivity index (χ4n) is 5.88. The van der Waals surface area contributed by atoms with E-state index in [1.165, 1.54) is 0 Å². The summed E-state index contributed by atoms with van der Waals surface area (Å²) in [6, 6.07) is 8.49. The first-order valence-corrected chi connectivity index (χ1v) is 14.5. The van der Waals surface area contributed by atoms with Crippen LogP contribution in [-0.2, 0) is 49.2 Å². The third-order valence-electron chi connectivity index (χ3n) is 7.65. The molecule has 5 saturated heterocycles. The van der Waals surface area contributed by atoms with Gasteiger partial charge in [-0.1, -0.05) is 40.6 Å². The summed E-state index contributed by atoms with van der Waals surface area (Å²) in [5, 5.41) is 17.9. The lowest BCUT2D eigenvalue weighted by atomic mass is 10.0. The number of azide groups is 2. The second-order valence-electron chi connectivity index (χ2n) is 12.5. The summed E-state index contributed by atoms with van der Waals surface area (Å²) in [7, 11) is 0. The van der Waals surface area contributed by atoms with Crippen LogP contribution in [0.5, 0.6) is 0 Å². The van der Waals surface area contributed by atoms with E-state index in [9.17, 15) is 5.11 Å². The summed E-state index contributed by atoms with van der Waals surface area (Å²) >= 11 is 0. The molecule has 44 heavy (non-hydrogen) atoms. The standard InChI is InChI=1S/C16H21N3O5.C12H19N3O5/c1-16(2)23-14-12(18-19-17)13(22-15(14)24-16)11(20)9-21-8-10-6-4-3-5-7-10;1-11(2)16-5-6(18-11)8-7(14-15-13)9-10(17-8)20-12(3,4)19-9/h3-7,11-15,20H,8-9H2,1-2H3;6-10H,5H2,1-4H3/t11?,12?,13-,14+,15-;6?,7?,8-,9+,10-/m11/s1. The number of fused-ring (bicyclic) bond motifs is 2. The minimum absolute atomic E-state index is 0.0554. The van der Waals surface area contributed by atoms with Crippen molar-refractivity contribution in [3.8, 4) is 0 Å². The Labute approximate surface area is 255 Å². The lowest BCUT2D eigenvalue weighted by Crippen LogP contribution is -2.41. The second kappa shape index (κ2) is 13.0. The van der Waals surface area contributed by atoms with Gasteiger partial charge in [-0.2, -0.15) is 0 Å². The first kappa shape index (κ1) is 32.8. The molecule has 0 aliphatic carbocycles. The van der Waals surface area contributed by atoms with Crippen LogP contribution in [0.25, 0.3) is 20.9 Å². The summed E-state index contributed by atoms with van der Waals surface area (Å²) in [4.78, 5) is 5.74. The molecular weight excluding hydrogens is 580 g/mol. The Kier molecular flexibility index (Phi) is 9.73. The maximum absolute atomic E-state index is 10.4. The van der Waals surface area contributed by atoms with E-state index in [4.69, 9.17) is 53.7 Å². The normalized spacial score (nSPS) is 38.0. The first-order chi connectivity index (χ1) is 20.8. The summed E-state index contributed by atoms with van der Waals surface area (Å²) in [6.07, 6.45) is -4.59. The van der Waals surface area contributed by atoms with Gasteiger partial charge in [-0.3, -0.25) is 0 Å². The van der Waals surface area contributed by atoms with E-state index < -0.39 is 72.5 Å². The van der Waals surface area contributed by atoms with Gasteiger partial charge >= 0.3 is 0 Å². The van der Waals surface area contributed by atoms with E-state index in [0.29, 0.717) is 13.2 Å². The van der Waals surface area contributed by atoms with Gasteiger partial charge in [0, 0.05) is 9.82 Å². The molecule has 16 nitrogen and oxygen atoms in total. The lowest BCUT2D eigenvalue weighted by molar-refractivity contribution is -0.222. The highest BCUT2D eigenvalue weighted by molar-refractivity contribution is 5.13. The van der Waals surface area contributed by atoms with Crippen LogP contribution in [0.15, 0.2) is 40.6 Å². The largest absolute Gasteiger partial charge is 0.388 e. The molecule has 242 valence electrons. The molecule has 0 saturated carbocycles. The Hall–Kier alpha value is -2.56. The minimum Gasteiger partial charge on any atom is -0.388 e. The molecule has 5 fully saturated rings. The van der Waals surface area contributed by atoms with Crippen LogP contribution in [0.2, 0.25) is 0 Å². The van der Waals surface area contributed by atoms with Gasteiger partial charge in [-0.05, 0) is 58.2 Å². The summed E-state index contributed by atoms with van der Waals surface area (Å²) < 4.78 is 51.2. The molecule has 5 aliphatic rings. The van der Waals surface area contributed by atoms with Crippen molar-refractivity contribution in [2.75, 3.05) is 13.2 Å². The summed E-state index contributed by atoms with van der Waals surface area (Å²) in [5.41, 5.74) is 18.6. The zero-order valence-corrected chi connectivity index (χ0v) is 25.6. The van der Waals surface area contributed by atoms with Gasteiger partial charge < -0.3 is 47.7 Å². The topological polar surface area (TPSA) is 201 Å². The molecule has 1 N–H and O–H groups in total. The van der Waals surface area contributed by atoms with Gasteiger partial charge in [0.2, 0.25) is 0 Å². The van der Waals surface area contributed by atoms with Crippen molar-refractivity contribution in [3.05, 3.63) is 56.8 Å². The monoisotopic (exact) mass is 620 g/mol. The van der Waals surface area contributed by atoms with Gasteiger partial charge in [-0.25, -0.2) is 0 Å². The lowest BCUT2D eigenvalue weighted by Gasteiger charge is -2.26. The summed E-state index contributed by atoms with van der Waals surface area (Å²) in [6.45, 7) is 11.6. The molecule has 1 aromatic rings. The van der Waals surface area contributed by atoms with E-state index in [-0.39, 0.29) is 12.7 Å². The van der Waals surface area contributed by atoms with E-state index >= 15 is 0 Å². The smallest absolute Gasteiger partial charge is 0.188 e. The number of nitrogens with zero attached hydrogens (tertiary/aromatic N) is 6. The quantitative estimate of drug-likeness (QED) is 0.253. The SMILES string of the molecule is CC1(C)OCC([C@H]2O[C@@H]3OC(C)(C)O[C@H]3C2N=[N+]=[N-])O1.CC1(C)O[C@H]2O[C@H](C(O)COCc3ccccc3)C(N=[N+]=[N-])[C@@H]2O1. The number of aliphatic hydroxyl groups is 1. The fourth-order valence-corrected chi connectivity index (χ4v) is 5.88. The van der Waals surface area contributed by atoms with Gasteiger partial charge in [-0.15, -0.1) is 0 Å². The molecule has 0 spiro atoms. The Bertz CT molecular complexity index is 1240. The Morgan fingerprint density at radius 1 is 0.818 bits per heavy atom. The van der Waals surface area contributed by atoms with E-state index in [2.05, 4.69) is 20.1 Å². The summed E-state index contributed by atoms with van der Waals surface area (Å²) in [5.74, 6) is -2.21. The fraction of sp³-hybridized carbons (Fsp3) is 0.786. The van der Waals surface area contributed by atoms with Crippen LogP contribution in [0.3, 0.4) is 0 Å². The van der Waals surface area contributed by atoms with Crippen molar-refractivity contribution < 1.29 is 47.7 Å². The second-order valence-corrected chi connectivity index (χ2v) is 12.5. The van der Waals surface area contributed by atoms with Crippen molar-refractivity contribution in [1.82, 2.24) is 0 Å². The van der Waals surface area contributed by atoms with Crippen LogP contribution in [0, 0.1) is 0 Å². The van der Waals surface area contributed by atoms with Crippen molar-refractivity contribution in [1.29, 1.82) is 0 Å². The highest BCUT2D eigenvalue weighted by atomic mass is 16.8. The molecule has 16 heteroatoms. The number of ether oxygens (including phenoxy) is 9. The van der Waals surface area contributed by atoms with Crippen molar-refractivity contribution in [3.63, 3.8) is 0 Å². The number of rotatable bonds is 8. The third-order valence-corrected chi connectivity index (χ3v) is 7.65. The van der Waals surface area contributed by atoms with Gasteiger partial charge in [0.05, 0.1) is 31.9 Å². The van der Waals surface area contributed by atoms with E-state index in [1.807, 2.05) is 44.2 Å². The Morgan fingerprint density at radius 2 is 1.41 bits per heavy atom. The number of aliphatic hydroxyl groups excluding tert-OH is 1. The van der Waals surface area contributed by atoms with E-state index in [1.54, 1.807) is 27.7 Å². The molecule has 1 aromatic carbocycles. The van der Waals surface area contributed by atoms with Crippen molar-refractivity contribution in [2.24, 2.45) is 10.2 Å². The molecule has 5 aliphatic heterocycles. The molecule has 0 radical (unpaired) electrons. The molecule has 6 rings (SSSR count). The zero-order chi connectivity index (χ0) is 31.7. The van der Waals surface area contributed by atoms with Gasteiger partial charge in [0.1, 0.15) is 36.6 Å². The van der Waals surface area contributed by atoms with Gasteiger partial charge in [0.15, 0.2) is 29.9 Å².